The molecule has 2 aromatic rings. The third-order valence-corrected chi connectivity index (χ3v) is 7.55. The Balaban J connectivity index is 0.971. The summed E-state index contributed by atoms with van der Waals surface area (Å²) >= 11 is 0. The number of rotatable bonds is 33. The average Bonchev–Trinajstić information content (AvgIpc) is 3.46. The van der Waals surface area contributed by atoms with Gasteiger partial charge in [0.15, 0.2) is 0 Å². The minimum Gasteiger partial charge on any atom is -0.449 e. The third kappa shape index (κ3) is 18.5. The maximum absolute atomic E-state index is 12.3. The Morgan fingerprint density at radius 3 is 1.26 bits per heavy atom. The van der Waals surface area contributed by atoms with E-state index in [2.05, 4.69) is 34.9 Å². The van der Waals surface area contributed by atoms with E-state index in [1.54, 1.807) is 0 Å². The molecule has 0 bridgehead atoms. The lowest BCUT2D eigenvalue weighted by Crippen LogP contribution is -2.27. The van der Waals surface area contributed by atoms with Gasteiger partial charge < -0.3 is 58.0 Å². The number of alkyl carbamates (subject to hydrolysis) is 1. The second-order valence-corrected chi connectivity index (χ2v) is 11.2. The molecule has 0 heterocycles. The number of hydrogen-bond donors (Lipinski definition) is 2. The summed E-state index contributed by atoms with van der Waals surface area (Å²) in [5.41, 5.74) is 4.82. The van der Waals surface area contributed by atoms with Gasteiger partial charge in [0.05, 0.1) is 112 Å². The number of carbonyl (C=O) groups excluding carboxylic acids is 1. The fourth-order valence-corrected chi connectivity index (χ4v) is 5.05. The highest BCUT2D eigenvalue weighted by Crippen LogP contribution is 2.44. The molecule has 0 saturated heterocycles. The Labute approximate surface area is 297 Å². The van der Waals surface area contributed by atoms with Crippen molar-refractivity contribution < 1.29 is 52.2 Å². The van der Waals surface area contributed by atoms with Crippen molar-refractivity contribution in [2.75, 3.05) is 146 Å². The van der Waals surface area contributed by atoms with Gasteiger partial charge in [0.2, 0.25) is 0 Å². The Bertz CT molecular complexity index is 1080. The second kappa shape index (κ2) is 28.9. The minimum atomic E-state index is -0.413. The van der Waals surface area contributed by atoms with Gasteiger partial charge in [-0.2, -0.15) is 0 Å². The van der Waals surface area contributed by atoms with Gasteiger partial charge in [0.25, 0.3) is 0 Å². The molecule has 0 radical (unpaired) electrons. The first-order valence-electron chi connectivity index (χ1n) is 17.7. The number of ether oxygens (including phenoxy) is 10. The first kappa shape index (κ1) is 41.7. The van der Waals surface area contributed by atoms with Crippen molar-refractivity contribution in [3.8, 4) is 11.1 Å². The van der Waals surface area contributed by atoms with Crippen molar-refractivity contribution in [3.05, 3.63) is 59.7 Å². The van der Waals surface area contributed by atoms with Crippen LogP contribution in [0, 0.1) is 0 Å². The van der Waals surface area contributed by atoms with Gasteiger partial charge in [-0.3, -0.25) is 0 Å². The summed E-state index contributed by atoms with van der Waals surface area (Å²) in [5.74, 6) is 0.0525. The maximum atomic E-state index is 12.3. The Morgan fingerprint density at radius 2 is 0.860 bits per heavy atom. The van der Waals surface area contributed by atoms with E-state index in [-0.39, 0.29) is 5.92 Å². The van der Waals surface area contributed by atoms with Gasteiger partial charge in [-0.1, -0.05) is 48.5 Å². The molecular weight excluding hydrogens is 648 g/mol. The van der Waals surface area contributed by atoms with Crippen LogP contribution in [0.15, 0.2) is 48.5 Å². The molecule has 282 valence electrons. The molecule has 0 fully saturated rings. The molecule has 2 N–H and O–H groups in total. The molecule has 0 unspecified atom stereocenters. The number of likely N-dealkylation sites (N-methyl/N-ethyl adjacent to an activating group) is 1. The van der Waals surface area contributed by atoms with Crippen LogP contribution in [0.25, 0.3) is 11.1 Å². The molecule has 0 spiro atoms. The summed E-state index contributed by atoms with van der Waals surface area (Å²) in [4.78, 5) is 12.3. The van der Waals surface area contributed by atoms with Crippen LogP contribution in [-0.2, 0) is 47.4 Å². The molecule has 3 rings (SSSR count). The Hall–Kier alpha value is -2.69. The fraction of sp³-hybridized carbons (Fsp3) is 0.649. The number of amides is 1. The molecule has 0 aromatic heterocycles. The van der Waals surface area contributed by atoms with Crippen molar-refractivity contribution in [1.82, 2.24) is 10.6 Å². The van der Waals surface area contributed by atoms with Gasteiger partial charge in [-0.15, -0.1) is 0 Å². The smallest absolute Gasteiger partial charge is 0.407 e. The zero-order valence-electron chi connectivity index (χ0n) is 29.7. The van der Waals surface area contributed by atoms with E-state index in [9.17, 15) is 4.79 Å². The van der Waals surface area contributed by atoms with E-state index in [4.69, 9.17) is 47.4 Å². The third-order valence-electron chi connectivity index (χ3n) is 7.55. The van der Waals surface area contributed by atoms with E-state index in [1.807, 2.05) is 31.3 Å². The molecule has 50 heavy (non-hydrogen) atoms. The molecule has 0 aliphatic heterocycles. The lowest BCUT2D eigenvalue weighted by atomic mass is 9.98. The van der Waals surface area contributed by atoms with E-state index in [1.165, 1.54) is 22.3 Å². The van der Waals surface area contributed by atoms with Crippen LogP contribution in [0.2, 0.25) is 0 Å². The molecule has 13 nitrogen and oxygen atoms in total. The Kier molecular flexibility index (Phi) is 24.2. The van der Waals surface area contributed by atoms with Gasteiger partial charge in [0, 0.05) is 25.6 Å². The standard InChI is InChI=1S/C37H58N2O11/c1-38-12-14-42-16-18-44-20-22-46-24-26-48-28-30-49-29-27-47-25-23-45-21-19-43-17-15-41-13-6-11-39-37(40)50-31-36-34-9-4-2-7-32(34)33-8-3-5-10-35(33)36/h2-5,7-10,36,38H,6,11-31H2,1H3,(H,39,40). The monoisotopic (exact) mass is 706 g/mol. The van der Waals surface area contributed by atoms with Crippen molar-refractivity contribution in [2.24, 2.45) is 0 Å². The summed E-state index contributed by atoms with van der Waals surface area (Å²) in [6.45, 7) is 11.1. The molecule has 1 aliphatic carbocycles. The number of fused-ring (bicyclic) bond motifs is 3. The molecule has 0 atom stereocenters. The van der Waals surface area contributed by atoms with Gasteiger partial charge in [-0.05, 0) is 35.7 Å². The molecule has 2 aromatic carbocycles. The summed E-state index contributed by atoms with van der Waals surface area (Å²) in [6, 6.07) is 16.6. The van der Waals surface area contributed by atoms with Crippen molar-refractivity contribution in [2.45, 2.75) is 12.3 Å². The number of hydrogen-bond acceptors (Lipinski definition) is 12. The van der Waals surface area contributed by atoms with Gasteiger partial charge >= 0.3 is 6.09 Å². The number of benzene rings is 2. The largest absolute Gasteiger partial charge is 0.449 e. The zero-order valence-corrected chi connectivity index (χ0v) is 29.7. The predicted molar refractivity (Wildman–Crippen MR) is 189 cm³/mol. The highest BCUT2D eigenvalue weighted by atomic mass is 16.6. The number of carbonyl (C=O) groups is 1. The second-order valence-electron chi connectivity index (χ2n) is 11.2. The van der Waals surface area contributed by atoms with Crippen LogP contribution in [0.4, 0.5) is 4.79 Å². The maximum Gasteiger partial charge on any atom is 0.407 e. The van der Waals surface area contributed by atoms with E-state index >= 15 is 0 Å². The zero-order chi connectivity index (χ0) is 35.2. The summed E-state index contributed by atoms with van der Waals surface area (Å²) in [6.07, 6.45) is 0.275. The first-order valence-corrected chi connectivity index (χ1v) is 17.7. The van der Waals surface area contributed by atoms with Crippen molar-refractivity contribution >= 4 is 6.09 Å². The van der Waals surface area contributed by atoms with Crippen molar-refractivity contribution in [1.29, 1.82) is 0 Å². The normalized spacial score (nSPS) is 12.3. The number of nitrogens with one attached hydrogen (secondary N) is 2. The van der Waals surface area contributed by atoms with Crippen LogP contribution in [-0.4, -0.2) is 152 Å². The topological polar surface area (TPSA) is 133 Å². The molecule has 13 heteroatoms. The van der Waals surface area contributed by atoms with Crippen LogP contribution < -0.4 is 10.6 Å². The summed E-state index contributed by atoms with van der Waals surface area (Å²) in [5, 5.41) is 5.83. The average molecular weight is 707 g/mol. The minimum absolute atomic E-state index is 0.0525. The highest BCUT2D eigenvalue weighted by molar-refractivity contribution is 5.79. The van der Waals surface area contributed by atoms with Crippen LogP contribution in [0.1, 0.15) is 23.5 Å². The highest BCUT2D eigenvalue weighted by Gasteiger charge is 2.28. The van der Waals surface area contributed by atoms with E-state index in [0.29, 0.717) is 138 Å². The molecule has 1 amide bonds. The fourth-order valence-electron chi connectivity index (χ4n) is 5.05. The van der Waals surface area contributed by atoms with Crippen LogP contribution >= 0.6 is 0 Å². The van der Waals surface area contributed by atoms with Crippen LogP contribution in [0.5, 0.6) is 0 Å². The van der Waals surface area contributed by atoms with E-state index < -0.39 is 6.09 Å². The van der Waals surface area contributed by atoms with Gasteiger partial charge in [0.1, 0.15) is 6.61 Å². The lowest BCUT2D eigenvalue weighted by molar-refractivity contribution is -0.0249. The Morgan fingerprint density at radius 1 is 0.500 bits per heavy atom. The summed E-state index contributed by atoms with van der Waals surface area (Å²) in [7, 11) is 1.89. The molecule has 1 aliphatic rings. The van der Waals surface area contributed by atoms with Crippen LogP contribution in [0.3, 0.4) is 0 Å². The van der Waals surface area contributed by atoms with E-state index in [0.717, 1.165) is 6.54 Å². The lowest BCUT2D eigenvalue weighted by Gasteiger charge is -2.14. The van der Waals surface area contributed by atoms with Crippen molar-refractivity contribution in [3.63, 3.8) is 0 Å². The quantitative estimate of drug-likeness (QED) is 0.106. The summed E-state index contributed by atoms with van der Waals surface area (Å²) < 4.78 is 54.9. The SMILES string of the molecule is CNCCOCCOCCOCCOCCOCCOCCOCCOCCOCCCNC(=O)OCC1c2ccccc2-c2ccccc21. The first-order chi connectivity index (χ1) is 24.8. The molecular formula is C37H58N2O11. The molecule has 0 saturated carbocycles. The predicted octanol–water partition coefficient (Wildman–Crippen LogP) is 3.28. The van der Waals surface area contributed by atoms with Gasteiger partial charge in [-0.25, -0.2) is 4.79 Å².